The molecule has 1 atom stereocenters. The number of hydrogen-bond donors (Lipinski definition) is 0. The zero-order valence-electron chi connectivity index (χ0n) is 10.7. The van der Waals surface area contributed by atoms with Gasteiger partial charge in [-0.05, 0) is 38.1 Å². The summed E-state index contributed by atoms with van der Waals surface area (Å²) in [5, 5.41) is 0. The lowest BCUT2D eigenvalue weighted by atomic mass is 10.1. The second-order valence-electron chi connectivity index (χ2n) is 4.80. The molecule has 0 radical (unpaired) electrons. The predicted octanol–water partition coefficient (Wildman–Crippen LogP) is 1.96. The number of nitrogens with zero attached hydrogens (tertiary/aromatic N) is 1. The first-order chi connectivity index (χ1) is 8.08. The van der Waals surface area contributed by atoms with Crippen molar-refractivity contribution in [2.24, 2.45) is 0 Å². The molecule has 0 bridgehead atoms. The molecule has 1 aromatic carbocycles. The van der Waals surface area contributed by atoms with Crippen LogP contribution in [0.4, 0.5) is 0 Å². The number of ether oxygens (including phenoxy) is 1. The number of piperidine rings is 1. The van der Waals surface area contributed by atoms with Crippen molar-refractivity contribution in [1.29, 1.82) is 0 Å². The van der Waals surface area contributed by atoms with Gasteiger partial charge in [-0.2, -0.15) is 0 Å². The number of likely N-dealkylation sites (N-methyl/N-ethyl adjacent to an activating group) is 1. The van der Waals surface area contributed by atoms with E-state index in [1.807, 2.05) is 31.0 Å². The minimum atomic E-state index is -0.272. The van der Waals surface area contributed by atoms with Crippen LogP contribution in [0.5, 0.6) is 5.75 Å². The minimum Gasteiger partial charge on any atom is -0.482 e. The lowest BCUT2D eigenvalue weighted by Gasteiger charge is -2.28. The zero-order chi connectivity index (χ0) is 12.4. The number of ketones is 1. The third kappa shape index (κ3) is 2.67. The van der Waals surface area contributed by atoms with Crippen LogP contribution in [0.25, 0.3) is 0 Å². The summed E-state index contributed by atoms with van der Waals surface area (Å²) in [7, 11) is 1.96. The van der Waals surface area contributed by atoms with Crippen molar-refractivity contribution < 1.29 is 9.53 Å². The summed E-state index contributed by atoms with van der Waals surface area (Å²) in [6.45, 7) is 5.50. The van der Waals surface area contributed by atoms with Gasteiger partial charge in [0.15, 0.2) is 11.9 Å². The lowest BCUT2D eigenvalue weighted by molar-refractivity contribution is -0.129. The topological polar surface area (TPSA) is 29.5 Å². The van der Waals surface area contributed by atoms with Gasteiger partial charge in [-0.15, -0.1) is 0 Å². The van der Waals surface area contributed by atoms with Gasteiger partial charge in [0.05, 0.1) is 6.54 Å². The highest BCUT2D eigenvalue weighted by Crippen LogP contribution is 2.23. The molecule has 17 heavy (non-hydrogen) atoms. The van der Waals surface area contributed by atoms with Crippen molar-refractivity contribution in [3.8, 4) is 5.75 Å². The van der Waals surface area contributed by atoms with Crippen molar-refractivity contribution in [3.05, 3.63) is 29.3 Å². The van der Waals surface area contributed by atoms with Gasteiger partial charge in [0.25, 0.3) is 0 Å². The van der Waals surface area contributed by atoms with Crippen LogP contribution in [0.15, 0.2) is 18.2 Å². The minimum absolute atomic E-state index is 0.180. The van der Waals surface area contributed by atoms with Crippen LogP contribution >= 0.6 is 0 Å². The van der Waals surface area contributed by atoms with Gasteiger partial charge >= 0.3 is 0 Å². The second-order valence-corrected chi connectivity index (χ2v) is 4.80. The molecule has 92 valence electrons. The molecular formula is C14H19NO2. The highest BCUT2D eigenvalue weighted by Gasteiger charge is 2.27. The number of carbonyl (C=O) groups excluding carboxylic acids is 1. The molecule has 0 N–H and O–H groups in total. The van der Waals surface area contributed by atoms with E-state index in [4.69, 9.17) is 4.74 Å². The van der Waals surface area contributed by atoms with Gasteiger partial charge in [0.1, 0.15) is 5.75 Å². The highest BCUT2D eigenvalue weighted by molar-refractivity contribution is 5.86. The van der Waals surface area contributed by atoms with Gasteiger partial charge in [-0.3, -0.25) is 9.69 Å². The normalized spacial score (nSPS) is 21.6. The zero-order valence-corrected chi connectivity index (χ0v) is 10.7. The van der Waals surface area contributed by atoms with Crippen molar-refractivity contribution in [2.45, 2.75) is 26.4 Å². The van der Waals surface area contributed by atoms with E-state index in [2.05, 4.69) is 13.0 Å². The van der Waals surface area contributed by atoms with Crippen molar-refractivity contribution >= 4 is 5.78 Å². The molecule has 3 heteroatoms. The average molecular weight is 233 g/mol. The molecule has 1 aromatic rings. The molecule has 2 rings (SSSR count). The first-order valence-electron chi connectivity index (χ1n) is 6.02. The molecule has 1 saturated heterocycles. The van der Waals surface area contributed by atoms with Crippen LogP contribution in [0.3, 0.4) is 0 Å². The van der Waals surface area contributed by atoms with E-state index in [-0.39, 0.29) is 11.9 Å². The number of aryl methyl sites for hydroxylation is 1. The third-order valence-corrected chi connectivity index (χ3v) is 3.38. The van der Waals surface area contributed by atoms with Gasteiger partial charge in [-0.25, -0.2) is 0 Å². The SMILES string of the molecule is Cc1cccc(OC2CCN(C)CC2=O)c1C. The van der Waals surface area contributed by atoms with Crippen LogP contribution in [-0.4, -0.2) is 36.9 Å². The van der Waals surface area contributed by atoms with Crippen LogP contribution in [0.1, 0.15) is 17.5 Å². The summed E-state index contributed by atoms with van der Waals surface area (Å²) >= 11 is 0. The molecule has 0 aliphatic carbocycles. The van der Waals surface area contributed by atoms with E-state index in [1.54, 1.807) is 0 Å². The van der Waals surface area contributed by atoms with Crippen molar-refractivity contribution in [2.75, 3.05) is 20.1 Å². The van der Waals surface area contributed by atoms with Crippen LogP contribution in [0.2, 0.25) is 0 Å². The molecular weight excluding hydrogens is 214 g/mol. The maximum absolute atomic E-state index is 11.8. The van der Waals surface area contributed by atoms with Gasteiger partial charge in [-0.1, -0.05) is 12.1 Å². The number of likely N-dealkylation sites (tertiary alicyclic amines) is 1. The Kier molecular flexibility index (Phi) is 3.48. The Morgan fingerprint density at radius 3 is 2.82 bits per heavy atom. The fraction of sp³-hybridized carbons (Fsp3) is 0.500. The summed E-state index contributed by atoms with van der Waals surface area (Å²) in [5.74, 6) is 1.02. The standard InChI is InChI=1S/C14H19NO2/c1-10-5-4-6-13(11(10)2)17-14-7-8-15(3)9-12(14)16/h4-6,14H,7-9H2,1-3H3. The van der Waals surface area contributed by atoms with Crippen molar-refractivity contribution in [3.63, 3.8) is 0 Å². The number of carbonyl (C=O) groups is 1. The molecule has 1 aliphatic rings. The number of hydrogen-bond acceptors (Lipinski definition) is 3. The first-order valence-corrected chi connectivity index (χ1v) is 6.02. The highest BCUT2D eigenvalue weighted by atomic mass is 16.5. The van der Waals surface area contributed by atoms with E-state index < -0.39 is 0 Å². The number of benzene rings is 1. The van der Waals surface area contributed by atoms with Crippen LogP contribution in [-0.2, 0) is 4.79 Å². The Bertz CT molecular complexity index is 428. The molecule has 1 fully saturated rings. The van der Waals surface area contributed by atoms with Crippen molar-refractivity contribution in [1.82, 2.24) is 4.90 Å². The predicted molar refractivity (Wildman–Crippen MR) is 67.5 cm³/mol. The lowest BCUT2D eigenvalue weighted by Crippen LogP contribution is -2.44. The Morgan fingerprint density at radius 1 is 1.35 bits per heavy atom. The average Bonchev–Trinajstić information content (AvgIpc) is 2.28. The van der Waals surface area contributed by atoms with Gasteiger partial charge in [0, 0.05) is 13.0 Å². The first kappa shape index (κ1) is 12.1. The summed E-state index contributed by atoms with van der Waals surface area (Å²) in [4.78, 5) is 13.9. The van der Waals surface area contributed by atoms with Crippen LogP contribution in [0, 0.1) is 13.8 Å². The summed E-state index contributed by atoms with van der Waals surface area (Å²) in [5.41, 5.74) is 2.32. The maximum atomic E-state index is 11.8. The quantitative estimate of drug-likeness (QED) is 0.782. The van der Waals surface area contributed by atoms with E-state index in [1.165, 1.54) is 5.56 Å². The monoisotopic (exact) mass is 233 g/mol. The molecule has 1 aliphatic heterocycles. The molecule has 1 unspecified atom stereocenters. The smallest absolute Gasteiger partial charge is 0.187 e. The fourth-order valence-corrected chi connectivity index (χ4v) is 2.08. The number of Topliss-reactive ketones (excluding diaryl/α,β-unsaturated/α-hetero) is 1. The van der Waals surface area contributed by atoms with Gasteiger partial charge < -0.3 is 4.74 Å². The summed E-state index contributed by atoms with van der Waals surface area (Å²) < 4.78 is 5.85. The third-order valence-electron chi connectivity index (χ3n) is 3.38. The van der Waals surface area contributed by atoms with Crippen LogP contribution < -0.4 is 4.74 Å². The summed E-state index contributed by atoms with van der Waals surface area (Å²) in [6.07, 6.45) is 0.509. The maximum Gasteiger partial charge on any atom is 0.187 e. The molecule has 0 aromatic heterocycles. The molecule has 0 spiro atoms. The van der Waals surface area contributed by atoms with Gasteiger partial charge in [0.2, 0.25) is 0 Å². The van der Waals surface area contributed by atoms with E-state index in [0.717, 1.165) is 24.3 Å². The second kappa shape index (κ2) is 4.88. The van der Waals surface area contributed by atoms with E-state index in [9.17, 15) is 4.79 Å². The molecule has 1 heterocycles. The molecule has 0 amide bonds. The Hall–Kier alpha value is -1.35. The Balaban J connectivity index is 2.11. The Morgan fingerprint density at radius 2 is 2.12 bits per heavy atom. The molecule has 0 saturated carbocycles. The van der Waals surface area contributed by atoms with E-state index in [0.29, 0.717) is 6.54 Å². The number of rotatable bonds is 2. The fourth-order valence-electron chi connectivity index (χ4n) is 2.08. The summed E-state index contributed by atoms with van der Waals surface area (Å²) in [6, 6.07) is 5.96. The Labute approximate surface area is 102 Å². The largest absolute Gasteiger partial charge is 0.482 e. The molecule has 3 nitrogen and oxygen atoms in total. The van der Waals surface area contributed by atoms with E-state index >= 15 is 0 Å².